The quantitative estimate of drug-likeness (QED) is 0.838. The molecule has 0 bridgehead atoms. The summed E-state index contributed by atoms with van der Waals surface area (Å²) in [6.45, 7) is 0.583. The van der Waals surface area contributed by atoms with E-state index in [0.29, 0.717) is 18.8 Å². The van der Waals surface area contributed by atoms with E-state index in [1.807, 2.05) is 30.3 Å². The molecule has 1 amide bonds. The molecule has 2 N–H and O–H groups in total. The van der Waals surface area contributed by atoms with Gasteiger partial charge in [0, 0.05) is 18.7 Å². The van der Waals surface area contributed by atoms with E-state index in [4.69, 9.17) is 0 Å². The largest absolute Gasteiger partial charge is 0.366 e. The molecule has 24 heavy (non-hydrogen) atoms. The Labute approximate surface area is 140 Å². The lowest BCUT2D eigenvalue weighted by atomic mass is 10.2. The summed E-state index contributed by atoms with van der Waals surface area (Å²) in [5.74, 6) is 0.259. The minimum absolute atomic E-state index is 0.0110. The van der Waals surface area contributed by atoms with E-state index in [1.54, 1.807) is 6.07 Å². The summed E-state index contributed by atoms with van der Waals surface area (Å²) in [7, 11) is -3.03. The van der Waals surface area contributed by atoms with Gasteiger partial charge in [-0.05, 0) is 12.0 Å². The van der Waals surface area contributed by atoms with Crippen molar-refractivity contribution in [2.24, 2.45) is 0 Å². The predicted octanol–water partition coefficient (Wildman–Crippen LogP) is 1.01. The Kier molecular flexibility index (Phi) is 4.75. The molecule has 2 aromatic rings. The second kappa shape index (κ2) is 6.96. The average Bonchev–Trinajstić information content (AvgIpc) is 2.93. The number of aromatic nitrogens is 2. The summed E-state index contributed by atoms with van der Waals surface area (Å²) in [6, 6.07) is 11.0. The highest BCUT2D eigenvalue weighted by atomic mass is 32.2. The number of benzene rings is 1. The second-order valence-electron chi connectivity index (χ2n) is 5.70. The molecule has 2 heterocycles. The number of hydrogen-bond donors (Lipinski definition) is 2. The van der Waals surface area contributed by atoms with Crippen LogP contribution in [-0.2, 0) is 16.4 Å². The lowest BCUT2D eigenvalue weighted by molar-refractivity contribution is 0.0936. The van der Waals surface area contributed by atoms with Crippen molar-refractivity contribution in [1.29, 1.82) is 0 Å². The van der Waals surface area contributed by atoms with Crippen molar-refractivity contribution in [3.8, 4) is 0 Å². The van der Waals surface area contributed by atoms with Crippen LogP contribution in [0.25, 0.3) is 0 Å². The third kappa shape index (κ3) is 4.29. The molecule has 0 saturated carbocycles. The molecule has 126 valence electrons. The maximum absolute atomic E-state index is 12.2. The van der Waals surface area contributed by atoms with Crippen molar-refractivity contribution >= 4 is 21.6 Å². The number of carbonyl (C=O) groups excluding carboxylic acids is 1. The van der Waals surface area contributed by atoms with Gasteiger partial charge in [-0.2, -0.15) is 0 Å². The highest BCUT2D eigenvalue weighted by Gasteiger charge is 2.29. The van der Waals surface area contributed by atoms with E-state index < -0.39 is 9.84 Å². The van der Waals surface area contributed by atoms with Crippen LogP contribution >= 0.6 is 0 Å². The number of anilines is 1. The van der Waals surface area contributed by atoms with Gasteiger partial charge >= 0.3 is 0 Å². The van der Waals surface area contributed by atoms with Gasteiger partial charge in [-0.25, -0.2) is 18.4 Å². The van der Waals surface area contributed by atoms with Crippen molar-refractivity contribution < 1.29 is 13.2 Å². The van der Waals surface area contributed by atoms with Crippen LogP contribution in [0.5, 0.6) is 0 Å². The summed E-state index contributed by atoms with van der Waals surface area (Å²) in [6.07, 6.45) is 1.76. The Morgan fingerprint density at radius 1 is 1.21 bits per heavy atom. The minimum atomic E-state index is -3.03. The number of hydrogen-bond acceptors (Lipinski definition) is 6. The molecular weight excluding hydrogens is 328 g/mol. The predicted molar refractivity (Wildman–Crippen MR) is 90.3 cm³/mol. The topological polar surface area (TPSA) is 101 Å². The van der Waals surface area contributed by atoms with Crippen molar-refractivity contribution in [1.82, 2.24) is 15.3 Å². The van der Waals surface area contributed by atoms with Crippen molar-refractivity contribution in [2.75, 3.05) is 16.8 Å². The zero-order chi connectivity index (χ0) is 17.0. The lowest BCUT2D eigenvalue weighted by Gasteiger charge is -2.11. The molecule has 3 rings (SSSR count). The standard InChI is InChI=1S/C16H18N4O3S/c21-16(20-13-6-7-24(22,23)10-13)14-8-15(19-11-18-14)17-9-12-4-2-1-3-5-12/h1-5,8,11,13H,6-7,9-10H2,(H,20,21)(H,17,18,19). The monoisotopic (exact) mass is 346 g/mol. The van der Waals surface area contributed by atoms with Gasteiger partial charge in [0.05, 0.1) is 11.5 Å². The number of rotatable bonds is 5. The molecule has 1 aromatic heterocycles. The van der Waals surface area contributed by atoms with Crippen LogP contribution in [0.15, 0.2) is 42.7 Å². The summed E-state index contributed by atoms with van der Waals surface area (Å²) in [5.41, 5.74) is 1.31. The fourth-order valence-electron chi connectivity index (χ4n) is 2.53. The van der Waals surface area contributed by atoms with Crippen LogP contribution in [0, 0.1) is 0 Å². The fourth-order valence-corrected chi connectivity index (χ4v) is 4.21. The molecular formula is C16H18N4O3S. The normalized spacial score (nSPS) is 18.9. The Morgan fingerprint density at radius 2 is 2.00 bits per heavy atom. The summed E-state index contributed by atoms with van der Waals surface area (Å²) in [5, 5.41) is 5.85. The first kappa shape index (κ1) is 16.4. The first-order valence-corrected chi connectivity index (χ1v) is 9.45. The van der Waals surface area contributed by atoms with Crippen LogP contribution in [0.3, 0.4) is 0 Å². The highest BCUT2D eigenvalue weighted by molar-refractivity contribution is 7.91. The first-order chi connectivity index (χ1) is 11.5. The zero-order valence-corrected chi connectivity index (χ0v) is 13.8. The van der Waals surface area contributed by atoms with Crippen molar-refractivity contribution in [3.05, 3.63) is 54.0 Å². The number of sulfone groups is 1. The van der Waals surface area contributed by atoms with Crippen molar-refractivity contribution in [2.45, 2.75) is 19.0 Å². The van der Waals surface area contributed by atoms with Gasteiger partial charge in [0.15, 0.2) is 9.84 Å². The maximum Gasteiger partial charge on any atom is 0.270 e. The molecule has 0 aliphatic carbocycles. The summed E-state index contributed by atoms with van der Waals surface area (Å²) < 4.78 is 22.9. The van der Waals surface area contributed by atoms with E-state index in [2.05, 4.69) is 20.6 Å². The molecule has 1 aromatic carbocycles. The van der Waals surface area contributed by atoms with Gasteiger partial charge in [-0.3, -0.25) is 4.79 Å². The molecule has 7 nitrogen and oxygen atoms in total. The number of nitrogens with zero attached hydrogens (tertiary/aromatic N) is 2. The molecule has 1 unspecified atom stereocenters. The van der Waals surface area contributed by atoms with Crippen LogP contribution in [-0.4, -0.2) is 41.8 Å². The van der Waals surface area contributed by atoms with E-state index in [1.165, 1.54) is 6.33 Å². The van der Waals surface area contributed by atoms with Crippen LogP contribution in [0.1, 0.15) is 22.5 Å². The van der Waals surface area contributed by atoms with Gasteiger partial charge in [0.2, 0.25) is 0 Å². The number of nitrogens with one attached hydrogen (secondary N) is 2. The lowest BCUT2D eigenvalue weighted by Crippen LogP contribution is -2.36. The molecule has 1 atom stereocenters. The SMILES string of the molecule is O=C(NC1CCS(=O)(=O)C1)c1cc(NCc2ccccc2)ncn1. The molecule has 8 heteroatoms. The molecule has 1 aliphatic rings. The van der Waals surface area contributed by atoms with Gasteiger partial charge in [0.25, 0.3) is 5.91 Å². The minimum Gasteiger partial charge on any atom is -0.366 e. The molecule has 0 radical (unpaired) electrons. The van der Waals surface area contributed by atoms with Crippen molar-refractivity contribution in [3.63, 3.8) is 0 Å². The van der Waals surface area contributed by atoms with E-state index >= 15 is 0 Å². The third-order valence-electron chi connectivity index (χ3n) is 3.78. The smallest absolute Gasteiger partial charge is 0.270 e. The van der Waals surface area contributed by atoms with Gasteiger partial charge in [-0.1, -0.05) is 30.3 Å². The maximum atomic E-state index is 12.2. The summed E-state index contributed by atoms with van der Waals surface area (Å²) >= 11 is 0. The second-order valence-corrected chi connectivity index (χ2v) is 7.93. The van der Waals surface area contributed by atoms with E-state index in [9.17, 15) is 13.2 Å². The third-order valence-corrected chi connectivity index (χ3v) is 5.55. The fraction of sp³-hybridized carbons (Fsp3) is 0.312. The van der Waals surface area contributed by atoms with Crippen LogP contribution < -0.4 is 10.6 Å². The van der Waals surface area contributed by atoms with Gasteiger partial charge in [0.1, 0.15) is 17.8 Å². The van der Waals surface area contributed by atoms with E-state index in [-0.39, 0.29) is 29.1 Å². The highest BCUT2D eigenvalue weighted by Crippen LogP contribution is 2.12. The molecule has 0 spiro atoms. The summed E-state index contributed by atoms with van der Waals surface area (Å²) in [4.78, 5) is 20.3. The van der Waals surface area contributed by atoms with Crippen LogP contribution in [0.2, 0.25) is 0 Å². The first-order valence-electron chi connectivity index (χ1n) is 7.63. The van der Waals surface area contributed by atoms with E-state index in [0.717, 1.165) is 5.56 Å². The zero-order valence-electron chi connectivity index (χ0n) is 13.0. The van der Waals surface area contributed by atoms with Gasteiger partial charge < -0.3 is 10.6 Å². The Hall–Kier alpha value is -2.48. The molecule has 1 saturated heterocycles. The number of carbonyl (C=O) groups is 1. The number of amides is 1. The molecule has 1 aliphatic heterocycles. The molecule has 1 fully saturated rings. The Bertz CT molecular complexity index is 824. The average molecular weight is 346 g/mol. The Morgan fingerprint density at radius 3 is 2.71 bits per heavy atom. The van der Waals surface area contributed by atoms with Gasteiger partial charge in [-0.15, -0.1) is 0 Å². The Balaban J connectivity index is 1.61. The van der Waals surface area contributed by atoms with Crippen LogP contribution in [0.4, 0.5) is 5.82 Å².